The van der Waals surface area contributed by atoms with Gasteiger partial charge in [-0.05, 0) is 54.2 Å². The van der Waals surface area contributed by atoms with Crippen molar-refractivity contribution >= 4 is 46.6 Å². The van der Waals surface area contributed by atoms with Crippen molar-refractivity contribution in [2.24, 2.45) is 0 Å². The van der Waals surface area contributed by atoms with Gasteiger partial charge in [0.1, 0.15) is 5.75 Å². The SMILES string of the molecule is COc1ccc(/C=C/C(=O)NNC(=S)Nc2cccc(Cl)c2)cc1. The van der Waals surface area contributed by atoms with E-state index in [0.717, 1.165) is 17.0 Å². The van der Waals surface area contributed by atoms with E-state index >= 15 is 0 Å². The van der Waals surface area contributed by atoms with Crippen molar-refractivity contribution in [3.8, 4) is 5.75 Å². The number of anilines is 1. The Balaban J connectivity index is 1.79. The van der Waals surface area contributed by atoms with Gasteiger partial charge in [0.2, 0.25) is 0 Å². The quantitative estimate of drug-likeness (QED) is 0.442. The van der Waals surface area contributed by atoms with E-state index in [1.807, 2.05) is 30.3 Å². The summed E-state index contributed by atoms with van der Waals surface area (Å²) in [5, 5.41) is 3.75. The van der Waals surface area contributed by atoms with Crippen molar-refractivity contribution in [3.63, 3.8) is 0 Å². The van der Waals surface area contributed by atoms with Gasteiger partial charge in [0, 0.05) is 16.8 Å². The molecule has 5 nitrogen and oxygen atoms in total. The summed E-state index contributed by atoms with van der Waals surface area (Å²) in [7, 11) is 1.60. The minimum absolute atomic E-state index is 0.253. The molecule has 3 N–H and O–H groups in total. The lowest BCUT2D eigenvalue weighted by atomic mass is 10.2. The highest BCUT2D eigenvalue weighted by atomic mass is 35.5. The summed E-state index contributed by atoms with van der Waals surface area (Å²) in [5.74, 6) is 0.428. The Labute approximate surface area is 150 Å². The van der Waals surface area contributed by atoms with Crippen LogP contribution in [0.1, 0.15) is 5.56 Å². The molecule has 0 radical (unpaired) electrons. The molecule has 0 bridgehead atoms. The van der Waals surface area contributed by atoms with Crippen LogP contribution in [0.2, 0.25) is 5.02 Å². The van der Waals surface area contributed by atoms with E-state index in [-0.39, 0.29) is 11.0 Å². The number of rotatable bonds is 4. The van der Waals surface area contributed by atoms with Crippen LogP contribution in [0.3, 0.4) is 0 Å². The molecular weight excluding hydrogens is 346 g/mol. The Kier molecular flexibility index (Phi) is 6.60. The van der Waals surface area contributed by atoms with Gasteiger partial charge in [0.15, 0.2) is 5.11 Å². The van der Waals surface area contributed by atoms with Crippen LogP contribution in [0.4, 0.5) is 5.69 Å². The Hall–Kier alpha value is -2.57. The van der Waals surface area contributed by atoms with Crippen molar-refractivity contribution in [1.29, 1.82) is 0 Å². The molecule has 2 aromatic carbocycles. The third kappa shape index (κ3) is 5.91. The molecule has 24 heavy (non-hydrogen) atoms. The number of methoxy groups -OCH3 is 1. The smallest absolute Gasteiger partial charge is 0.262 e. The van der Waals surface area contributed by atoms with E-state index in [1.165, 1.54) is 6.08 Å². The normalized spacial score (nSPS) is 10.2. The van der Waals surface area contributed by atoms with Gasteiger partial charge in [-0.1, -0.05) is 29.8 Å². The van der Waals surface area contributed by atoms with E-state index in [0.29, 0.717) is 5.02 Å². The zero-order chi connectivity index (χ0) is 17.4. The van der Waals surface area contributed by atoms with Gasteiger partial charge in [-0.2, -0.15) is 0 Å². The van der Waals surface area contributed by atoms with Crippen LogP contribution >= 0.6 is 23.8 Å². The Bertz CT molecular complexity index is 748. The summed E-state index contributed by atoms with van der Waals surface area (Å²) in [6.07, 6.45) is 3.08. The molecule has 0 unspecified atom stereocenters. The first-order valence-corrected chi connectivity index (χ1v) is 7.80. The third-order valence-electron chi connectivity index (χ3n) is 2.92. The number of ether oxygens (including phenoxy) is 1. The first kappa shape index (κ1) is 17.8. The van der Waals surface area contributed by atoms with Crippen LogP contribution in [0.15, 0.2) is 54.6 Å². The molecular formula is C17H16ClN3O2S. The van der Waals surface area contributed by atoms with E-state index < -0.39 is 0 Å². The molecule has 0 saturated heterocycles. The third-order valence-corrected chi connectivity index (χ3v) is 3.36. The molecule has 124 valence electrons. The number of halogens is 1. The second kappa shape index (κ2) is 8.90. The molecule has 1 amide bonds. The lowest BCUT2D eigenvalue weighted by molar-refractivity contribution is -0.116. The van der Waals surface area contributed by atoms with Crippen molar-refractivity contribution in [1.82, 2.24) is 10.9 Å². The minimum atomic E-state index is -0.332. The number of hydrazine groups is 1. The van der Waals surface area contributed by atoms with Gasteiger partial charge in [-0.25, -0.2) is 0 Å². The predicted octanol–water partition coefficient (Wildman–Crippen LogP) is 3.38. The zero-order valence-corrected chi connectivity index (χ0v) is 14.4. The van der Waals surface area contributed by atoms with E-state index in [1.54, 1.807) is 31.4 Å². The number of benzene rings is 2. The van der Waals surface area contributed by atoms with Gasteiger partial charge < -0.3 is 10.1 Å². The topological polar surface area (TPSA) is 62.4 Å². The summed E-state index contributed by atoms with van der Waals surface area (Å²) in [5.41, 5.74) is 6.69. The fourth-order valence-corrected chi connectivity index (χ4v) is 2.13. The largest absolute Gasteiger partial charge is 0.497 e. The number of hydrogen-bond acceptors (Lipinski definition) is 3. The van der Waals surface area contributed by atoms with Crippen molar-refractivity contribution in [2.45, 2.75) is 0 Å². The van der Waals surface area contributed by atoms with Gasteiger partial charge in [-0.15, -0.1) is 0 Å². The van der Waals surface area contributed by atoms with Gasteiger partial charge in [-0.3, -0.25) is 15.6 Å². The number of hydrogen-bond donors (Lipinski definition) is 3. The minimum Gasteiger partial charge on any atom is -0.497 e. The maximum absolute atomic E-state index is 11.8. The highest BCUT2D eigenvalue weighted by molar-refractivity contribution is 7.80. The fraction of sp³-hybridized carbons (Fsp3) is 0.0588. The number of amides is 1. The summed E-state index contributed by atoms with van der Waals surface area (Å²) in [6, 6.07) is 14.4. The molecule has 0 fully saturated rings. The van der Waals surface area contributed by atoms with Gasteiger partial charge >= 0.3 is 0 Å². The van der Waals surface area contributed by atoms with E-state index in [4.69, 9.17) is 28.6 Å². The van der Waals surface area contributed by atoms with Gasteiger partial charge in [0.25, 0.3) is 5.91 Å². The average Bonchev–Trinajstić information content (AvgIpc) is 2.58. The monoisotopic (exact) mass is 361 g/mol. The highest BCUT2D eigenvalue weighted by Crippen LogP contribution is 2.14. The second-order valence-electron chi connectivity index (χ2n) is 4.69. The summed E-state index contributed by atoms with van der Waals surface area (Å²) in [4.78, 5) is 11.8. The van der Waals surface area contributed by atoms with Crippen molar-refractivity contribution in [3.05, 3.63) is 65.2 Å². The van der Waals surface area contributed by atoms with Gasteiger partial charge in [0.05, 0.1) is 7.11 Å². The standard InChI is InChI=1S/C17H16ClN3O2S/c1-23-15-8-5-12(6-9-15)7-10-16(22)20-21-17(24)19-14-4-2-3-13(18)11-14/h2-11H,1H3,(H,20,22)(H2,19,21,24)/b10-7+. The van der Waals surface area contributed by atoms with Crippen LogP contribution in [0.25, 0.3) is 6.08 Å². The average molecular weight is 362 g/mol. The molecule has 0 aliphatic rings. The molecule has 2 aromatic rings. The fourth-order valence-electron chi connectivity index (χ4n) is 1.78. The lowest BCUT2D eigenvalue weighted by Gasteiger charge is -2.10. The Morgan fingerprint density at radius 3 is 2.58 bits per heavy atom. The number of nitrogens with one attached hydrogen (secondary N) is 3. The van der Waals surface area contributed by atoms with E-state index in [9.17, 15) is 4.79 Å². The zero-order valence-electron chi connectivity index (χ0n) is 12.9. The first-order chi connectivity index (χ1) is 11.6. The summed E-state index contributed by atoms with van der Waals surface area (Å²) >= 11 is 11.0. The van der Waals surface area contributed by atoms with Crippen LogP contribution in [-0.4, -0.2) is 18.1 Å². The number of carbonyl (C=O) groups excluding carboxylic acids is 1. The lowest BCUT2D eigenvalue weighted by Crippen LogP contribution is -2.43. The molecule has 0 aliphatic heterocycles. The maximum Gasteiger partial charge on any atom is 0.262 e. The molecule has 7 heteroatoms. The van der Waals surface area contributed by atoms with E-state index in [2.05, 4.69) is 16.2 Å². The number of thiocarbonyl (C=S) groups is 1. The number of carbonyl (C=O) groups is 1. The Morgan fingerprint density at radius 2 is 1.92 bits per heavy atom. The van der Waals surface area contributed by atoms with Crippen molar-refractivity contribution in [2.75, 3.05) is 12.4 Å². The first-order valence-electron chi connectivity index (χ1n) is 7.01. The van der Waals surface area contributed by atoms with Crippen LogP contribution in [0.5, 0.6) is 5.75 Å². The molecule has 0 aliphatic carbocycles. The molecule has 0 aromatic heterocycles. The molecule has 0 spiro atoms. The van der Waals surface area contributed by atoms with Crippen molar-refractivity contribution < 1.29 is 9.53 Å². The highest BCUT2D eigenvalue weighted by Gasteiger charge is 2.00. The predicted molar refractivity (Wildman–Crippen MR) is 101 cm³/mol. The van der Waals surface area contributed by atoms with Crippen LogP contribution in [0, 0.1) is 0 Å². The molecule has 0 atom stereocenters. The Morgan fingerprint density at radius 1 is 1.17 bits per heavy atom. The summed E-state index contributed by atoms with van der Waals surface area (Å²) < 4.78 is 5.07. The molecule has 2 rings (SSSR count). The maximum atomic E-state index is 11.8. The second-order valence-corrected chi connectivity index (χ2v) is 5.53. The molecule has 0 saturated carbocycles. The van der Waals surface area contributed by atoms with Crippen LogP contribution < -0.4 is 20.9 Å². The van der Waals surface area contributed by atoms with Crippen LogP contribution in [-0.2, 0) is 4.79 Å². The summed E-state index contributed by atoms with van der Waals surface area (Å²) in [6.45, 7) is 0. The molecule has 0 heterocycles.